The van der Waals surface area contributed by atoms with Crippen LogP contribution < -0.4 is 16.4 Å². The van der Waals surface area contributed by atoms with Crippen molar-refractivity contribution in [2.24, 2.45) is 5.73 Å². The van der Waals surface area contributed by atoms with Gasteiger partial charge >= 0.3 is 0 Å². The van der Waals surface area contributed by atoms with Crippen molar-refractivity contribution >= 4 is 5.91 Å². The third kappa shape index (κ3) is 2.34. The van der Waals surface area contributed by atoms with Gasteiger partial charge in [-0.25, -0.2) is 0 Å². The van der Waals surface area contributed by atoms with Crippen LogP contribution in [0.3, 0.4) is 0 Å². The van der Waals surface area contributed by atoms with Gasteiger partial charge in [-0.15, -0.1) is 0 Å². The molecule has 0 radical (unpaired) electrons. The third-order valence-corrected chi connectivity index (χ3v) is 2.57. The van der Waals surface area contributed by atoms with Crippen molar-refractivity contribution in [3.8, 4) is 0 Å². The molecule has 1 aromatic carbocycles. The second-order valence-corrected chi connectivity index (χ2v) is 3.88. The molecule has 1 amide bonds. The average molecular weight is 205 g/mol. The van der Waals surface area contributed by atoms with Crippen LogP contribution in [0.2, 0.25) is 0 Å². The van der Waals surface area contributed by atoms with Crippen LogP contribution in [0.4, 0.5) is 0 Å². The van der Waals surface area contributed by atoms with Gasteiger partial charge in [0.05, 0.1) is 0 Å². The molecule has 2 rings (SSSR count). The van der Waals surface area contributed by atoms with Crippen molar-refractivity contribution < 1.29 is 4.79 Å². The highest BCUT2D eigenvalue weighted by molar-refractivity contribution is 5.77. The number of benzene rings is 1. The summed E-state index contributed by atoms with van der Waals surface area (Å²) in [6.07, 6.45) is -0.00548. The second kappa shape index (κ2) is 4.00. The van der Waals surface area contributed by atoms with E-state index in [1.807, 2.05) is 31.2 Å². The number of aryl methyl sites for hydroxylation is 1. The molecule has 15 heavy (non-hydrogen) atoms. The lowest BCUT2D eigenvalue weighted by Crippen LogP contribution is -2.57. The van der Waals surface area contributed by atoms with Crippen LogP contribution in [0.15, 0.2) is 24.3 Å². The summed E-state index contributed by atoms with van der Waals surface area (Å²) < 4.78 is 0. The third-order valence-electron chi connectivity index (χ3n) is 2.57. The quantitative estimate of drug-likeness (QED) is 0.621. The number of hydrogen-bond acceptors (Lipinski definition) is 3. The summed E-state index contributed by atoms with van der Waals surface area (Å²) in [5.41, 5.74) is 7.95. The molecule has 80 valence electrons. The molecule has 1 saturated heterocycles. The van der Waals surface area contributed by atoms with Gasteiger partial charge in [0.15, 0.2) is 0 Å². The minimum atomic E-state index is -0.447. The van der Waals surface area contributed by atoms with E-state index in [0.29, 0.717) is 6.42 Å². The predicted molar refractivity (Wildman–Crippen MR) is 57.8 cm³/mol. The highest BCUT2D eigenvalue weighted by Gasteiger charge is 2.24. The maximum absolute atomic E-state index is 11.3. The molecule has 0 bridgehead atoms. The number of rotatable bonds is 1. The first-order valence-corrected chi connectivity index (χ1v) is 5.03. The normalized spacial score (nSPS) is 26.1. The summed E-state index contributed by atoms with van der Waals surface area (Å²) in [5, 5.41) is 5.75. The first kappa shape index (κ1) is 10.1. The molecule has 4 N–H and O–H groups in total. The first-order valence-electron chi connectivity index (χ1n) is 5.03. The van der Waals surface area contributed by atoms with E-state index in [-0.39, 0.29) is 11.9 Å². The molecule has 4 heteroatoms. The molecule has 0 saturated carbocycles. The zero-order chi connectivity index (χ0) is 10.8. The standard InChI is InChI=1S/C11H15N3O/c1-7-2-4-8(5-3-7)9-6-10(15)14-11(12)13-9/h2-5,9,11,13H,6,12H2,1H3,(H,14,15). The van der Waals surface area contributed by atoms with Gasteiger partial charge in [0.1, 0.15) is 6.29 Å². The Morgan fingerprint density at radius 1 is 1.33 bits per heavy atom. The van der Waals surface area contributed by atoms with Crippen molar-refractivity contribution in [1.82, 2.24) is 10.6 Å². The Morgan fingerprint density at radius 2 is 2.00 bits per heavy atom. The molecule has 1 heterocycles. The van der Waals surface area contributed by atoms with Gasteiger partial charge in [-0.2, -0.15) is 0 Å². The van der Waals surface area contributed by atoms with E-state index in [2.05, 4.69) is 10.6 Å². The molecular formula is C11H15N3O. The molecule has 1 aliphatic rings. The molecule has 2 atom stereocenters. The highest BCUT2D eigenvalue weighted by Crippen LogP contribution is 2.19. The van der Waals surface area contributed by atoms with Crippen molar-refractivity contribution in [3.05, 3.63) is 35.4 Å². The number of amides is 1. The molecule has 2 unspecified atom stereocenters. The van der Waals surface area contributed by atoms with Gasteiger partial charge in [0.2, 0.25) is 5.91 Å². The van der Waals surface area contributed by atoms with Crippen LogP contribution >= 0.6 is 0 Å². The molecular weight excluding hydrogens is 190 g/mol. The number of nitrogens with two attached hydrogens (primary N) is 1. The molecule has 0 aliphatic carbocycles. The molecule has 4 nitrogen and oxygen atoms in total. The Hall–Kier alpha value is -1.39. The Balaban J connectivity index is 2.16. The second-order valence-electron chi connectivity index (χ2n) is 3.88. The first-order chi connectivity index (χ1) is 7.15. The minimum absolute atomic E-state index is 0.00757. The van der Waals surface area contributed by atoms with Crippen molar-refractivity contribution in [1.29, 1.82) is 0 Å². The van der Waals surface area contributed by atoms with Crippen LogP contribution in [0.1, 0.15) is 23.6 Å². The van der Waals surface area contributed by atoms with Gasteiger partial charge in [0, 0.05) is 12.5 Å². The Bertz CT molecular complexity index is 361. The van der Waals surface area contributed by atoms with Crippen molar-refractivity contribution in [3.63, 3.8) is 0 Å². The van der Waals surface area contributed by atoms with Crippen molar-refractivity contribution in [2.45, 2.75) is 25.7 Å². The molecule has 1 aromatic rings. The number of hydrogen-bond donors (Lipinski definition) is 3. The summed E-state index contributed by atoms with van der Waals surface area (Å²) in [6, 6.07) is 8.15. The van der Waals surface area contributed by atoms with Crippen LogP contribution in [0, 0.1) is 6.92 Å². The van der Waals surface area contributed by atoms with Gasteiger partial charge in [0.25, 0.3) is 0 Å². The smallest absolute Gasteiger partial charge is 0.224 e. The predicted octanol–water partition coefficient (Wildman–Crippen LogP) is 0.388. The monoisotopic (exact) mass is 205 g/mol. The molecule has 1 aliphatic heterocycles. The zero-order valence-electron chi connectivity index (χ0n) is 8.66. The fourth-order valence-electron chi connectivity index (χ4n) is 1.75. The van der Waals surface area contributed by atoms with Crippen LogP contribution in [-0.4, -0.2) is 12.2 Å². The summed E-state index contributed by atoms with van der Waals surface area (Å²) in [5.74, 6) is -0.00757. The lowest BCUT2D eigenvalue weighted by molar-refractivity contribution is -0.124. The topological polar surface area (TPSA) is 67.2 Å². The molecule has 0 aromatic heterocycles. The Morgan fingerprint density at radius 3 is 2.60 bits per heavy atom. The SMILES string of the molecule is Cc1ccc(C2CC(=O)NC(N)N2)cc1. The maximum Gasteiger partial charge on any atom is 0.224 e. The average Bonchev–Trinajstić information content (AvgIpc) is 2.17. The summed E-state index contributed by atoms with van der Waals surface area (Å²) in [6.45, 7) is 2.04. The number of carbonyl (C=O) groups is 1. The number of carbonyl (C=O) groups excluding carboxylic acids is 1. The lowest BCUT2D eigenvalue weighted by Gasteiger charge is -2.29. The van der Waals surface area contributed by atoms with E-state index in [9.17, 15) is 4.79 Å². The van der Waals surface area contributed by atoms with Gasteiger partial charge in [-0.1, -0.05) is 29.8 Å². The van der Waals surface area contributed by atoms with Gasteiger partial charge in [-0.3, -0.25) is 15.8 Å². The van der Waals surface area contributed by atoms with Gasteiger partial charge in [-0.05, 0) is 12.5 Å². The van der Waals surface area contributed by atoms with E-state index in [4.69, 9.17) is 5.73 Å². The van der Waals surface area contributed by atoms with E-state index in [0.717, 1.165) is 5.56 Å². The summed E-state index contributed by atoms with van der Waals surface area (Å²) in [4.78, 5) is 11.3. The van der Waals surface area contributed by atoms with Crippen LogP contribution in [0.5, 0.6) is 0 Å². The Kier molecular flexibility index (Phi) is 2.70. The summed E-state index contributed by atoms with van der Waals surface area (Å²) >= 11 is 0. The number of nitrogens with one attached hydrogen (secondary N) is 2. The minimum Gasteiger partial charge on any atom is -0.328 e. The lowest BCUT2D eigenvalue weighted by atomic mass is 10.0. The van der Waals surface area contributed by atoms with Crippen LogP contribution in [-0.2, 0) is 4.79 Å². The van der Waals surface area contributed by atoms with Crippen molar-refractivity contribution in [2.75, 3.05) is 0 Å². The molecule has 0 spiro atoms. The van der Waals surface area contributed by atoms with Crippen LogP contribution in [0.25, 0.3) is 0 Å². The van der Waals surface area contributed by atoms with E-state index in [1.54, 1.807) is 0 Å². The largest absolute Gasteiger partial charge is 0.328 e. The van der Waals surface area contributed by atoms with E-state index in [1.165, 1.54) is 5.56 Å². The summed E-state index contributed by atoms with van der Waals surface area (Å²) in [7, 11) is 0. The highest BCUT2D eigenvalue weighted by atomic mass is 16.2. The fraction of sp³-hybridized carbons (Fsp3) is 0.364. The van der Waals surface area contributed by atoms with Gasteiger partial charge < -0.3 is 5.32 Å². The Labute approximate surface area is 88.9 Å². The zero-order valence-corrected chi connectivity index (χ0v) is 8.66. The van der Waals surface area contributed by atoms with E-state index >= 15 is 0 Å². The fourth-order valence-corrected chi connectivity index (χ4v) is 1.75. The van der Waals surface area contributed by atoms with E-state index < -0.39 is 6.29 Å². The maximum atomic E-state index is 11.3. The molecule has 1 fully saturated rings.